The van der Waals surface area contributed by atoms with Gasteiger partial charge in [-0.15, -0.1) is 0 Å². The predicted molar refractivity (Wildman–Crippen MR) is 60.6 cm³/mol. The molecule has 0 atom stereocenters. The highest BCUT2D eigenvalue weighted by atomic mass is 35.5. The van der Waals surface area contributed by atoms with E-state index in [4.69, 9.17) is 16.3 Å². The van der Waals surface area contributed by atoms with Gasteiger partial charge in [0.25, 0.3) is 0 Å². The molecule has 86 valence electrons. The van der Waals surface area contributed by atoms with Gasteiger partial charge in [0.15, 0.2) is 10.9 Å². The van der Waals surface area contributed by atoms with Crippen molar-refractivity contribution in [1.82, 2.24) is 4.98 Å². The van der Waals surface area contributed by atoms with Crippen LogP contribution in [0.3, 0.4) is 0 Å². The van der Waals surface area contributed by atoms with Crippen molar-refractivity contribution in [1.29, 1.82) is 0 Å². The number of hydrogen-bond donors (Lipinski definition) is 0. The van der Waals surface area contributed by atoms with Gasteiger partial charge in [-0.25, -0.2) is 9.78 Å². The first-order valence-electron chi connectivity index (χ1n) is 4.55. The molecule has 0 aliphatic heterocycles. The standard InChI is InChI=1S/C11H12ClNO3/c1-7-4-9(10(12)13-5-7)16-6-8(2)11(14)15-3/h4-5H,2,6H2,1,3H3. The van der Waals surface area contributed by atoms with Crippen LogP contribution < -0.4 is 4.74 Å². The summed E-state index contributed by atoms with van der Waals surface area (Å²) in [5.41, 5.74) is 1.14. The Labute approximate surface area is 98.8 Å². The second-order valence-electron chi connectivity index (χ2n) is 3.19. The molecule has 0 aromatic carbocycles. The molecule has 1 heterocycles. The lowest BCUT2D eigenvalue weighted by atomic mass is 10.3. The van der Waals surface area contributed by atoms with Crippen molar-refractivity contribution in [2.75, 3.05) is 13.7 Å². The fraction of sp³-hybridized carbons (Fsp3) is 0.273. The molecule has 4 nitrogen and oxygen atoms in total. The highest BCUT2D eigenvalue weighted by molar-refractivity contribution is 6.30. The van der Waals surface area contributed by atoms with E-state index in [1.54, 1.807) is 12.3 Å². The maximum atomic E-state index is 11.0. The Morgan fingerprint density at radius 1 is 1.62 bits per heavy atom. The van der Waals surface area contributed by atoms with Crippen LogP contribution in [0.5, 0.6) is 5.75 Å². The first-order chi connectivity index (χ1) is 7.54. The van der Waals surface area contributed by atoms with Gasteiger partial charge in [0.1, 0.15) is 6.61 Å². The smallest absolute Gasteiger partial charge is 0.336 e. The molecule has 1 aromatic heterocycles. The van der Waals surface area contributed by atoms with Crippen molar-refractivity contribution in [3.05, 3.63) is 35.1 Å². The number of aryl methyl sites for hydroxylation is 1. The minimum absolute atomic E-state index is 0.0253. The van der Waals surface area contributed by atoms with Gasteiger partial charge in [0.2, 0.25) is 0 Å². The molecule has 5 heteroatoms. The van der Waals surface area contributed by atoms with Crippen molar-refractivity contribution >= 4 is 17.6 Å². The summed E-state index contributed by atoms with van der Waals surface area (Å²) in [5, 5.41) is 0.253. The third kappa shape index (κ3) is 3.24. The van der Waals surface area contributed by atoms with Gasteiger partial charge in [0.05, 0.1) is 12.7 Å². The van der Waals surface area contributed by atoms with E-state index in [9.17, 15) is 4.79 Å². The molecule has 0 bridgehead atoms. The summed E-state index contributed by atoms with van der Waals surface area (Å²) in [6.07, 6.45) is 1.63. The molecule has 0 saturated carbocycles. The zero-order valence-corrected chi connectivity index (χ0v) is 9.87. The highest BCUT2D eigenvalue weighted by Crippen LogP contribution is 2.22. The lowest BCUT2D eigenvalue weighted by molar-refractivity contribution is -0.136. The number of carbonyl (C=O) groups excluding carboxylic acids is 1. The molecule has 0 radical (unpaired) electrons. The molecule has 0 fully saturated rings. The monoisotopic (exact) mass is 241 g/mol. The fourth-order valence-corrected chi connectivity index (χ4v) is 1.15. The van der Waals surface area contributed by atoms with Crippen molar-refractivity contribution in [2.45, 2.75) is 6.92 Å². The number of methoxy groups -OCH3 is 1. The molecule has 0 aliphatic carbocycles. The summed E-state index contributed by atoms with van der Waals surface area (Å²) in [5.74, 6) is -0.0801. The second-order valence-corrected chi connectivity index (χ2v) is 3.54. The molecule has 0 unspecified atom stereocenters. The normalized spacial score (nSPS) is 9.69. The van der Waals surface area contributed by atoms with E-state index in [1.165, 1.54) is 7.11 Å². The van der Waals surface area contributed by atoms with Crippen molar-refractivity contribution < 1.29 is 14.3 Å². The van der Waals surface area contributed by atoms with Gasteiger partial charge in [-0.2, -0.15) is 0 Å². The summed E-state index contributed by atoms with van der Waals surface area (Å²) >= 11 is 5.81. The van der Waals surface area contributed by atoms with E-state index < -0.39 is 5.97 Å². The Balaban J connectivity index is 2.64. The van der Waals surface area contributed by atoms with Gasteiger partial charge >= 0.3 is 5.97 Å². The molecule has 0 amide bonds. The van der Waals surface area contributed by atoms with Crippen LogP contribution in [-0.2, 0) is 9.53 Å². The van der Waals surface area contributed by atoms with Gasteiger partial charge < -0.3 is 9.47 Å². The number of halogens is 1. The van der Waals surface area contributed by atoms with E-state index in [-0.39, 0.29) is 17.3 Å². The average Bonchev–Trinajstić information content (AvgIpc) is 2.28. The predicted octanol–water partition coefficient (Wildman–Crippen LogP) is 2.15. The topological polar surface area (TPSA) is 48.4 Å². The Bertz CT molecular complexity index is 418. The number of esters is 1. The molecule has 0 aliphatic rings. The number of hydrogen-bond acceptors (Lipinski definition) is 4. The van der Waals surface area contributed by atoms with E-state index in [2.05, 4.69) is 16.3 Å². The van der Waals surface area contributed by atoms with E-state index >= 15 is 0 Å². The number of pyridine rings is 1. The second kappa shape index (κ2) is 5.51. The third-order valence-corrected chi connectivity index (χ3v) is 2.10. The van der Waals surface area contributed by atoms with Crippen molar-refractivity contribution in [3.8, 4) is 5.75 Å². The van der Waals surface area contributed by atoms with Crippen LogP contribution in [0.25, 0.3) is 0 Å². The summed E-state index contributed by atoms with van der Waals surface area (Å²) in [7, 11) is 1.29. The van der Waals surface area contributed by atoms with Crippen LogP contribution in [0.15, 0.2) is 24.4 Å². The fourth-order valence-electron chi connectivity index (χ4n) is 0.995. The maximum Gasteiger partial charge on any atom is 0.336 e. The van der Waals surface area contributed by atoms with E-state index in [0.29, 0.717) is 5.75 Å². The van der Waals surface area contributed by atoms with E-state index in [1.807, 2.05) is 6.92 Å². The van der Waals surface area contributed by atoms with Gasteiger partial charge in [0, 0.05) is 6.20 Å². The van der Waals surface area contributed by atoms with Crippen LogP contribution in [0, 0.1) is 6.92 Å². The lowest BCUT2D eigenvalue weighted by Gasteiger charge is -2.08. The molecule has 1 aromatic rings. The Hall–Kier alpha value is -1.55. The number of ether oxygens (including phenoxy) is 2. The van der Waals surface area contributed by atoms with E-state index in [0.717, 1.165) is 5.56 Å². The van der Waals surface area contributed by atoms with Crippen LogP contribution in [0.1, 0.15) is 5.56 Å². The SMILES string of the molecule is C=C(COc1cc(C)cnc1Cl)C(=O)OC. The van der Waals surface area contributed by atoms with Crippen molar-refractivity contribution in [3.63, 3.8) is 0 Å². The zero-order chi connectivity index (χ0) is 12.1. The van der Waals surface area contributed by atoms with Crippen LogP contribution in [-0.4, -0.2) is 24.7 Å². The molecule has 1 rings (SSSR count). The summed E-state index contributed by atoms with van der Waals surface area (Å²) in [6.45, 7) is 5.42. The minimum Gasteiger partial charge on any atom is -0.485 e. The first kappa shape index (κ1) is 12.5. The quantitative estimate of drug-likeness (QED) is 0.460. The summed E-state index contributed by atoms with van der Waals surface area (Å²) in [4.78, 5) is 15.0. The van der Waals surface area contributed by atoms with Gasteiger partial charge in [-0.05, 0) is 18.6 Å². The van der Waals surface area contributed by atoms with Crippen LogP contribution >= 0.6 is 11.6 Å². The third-order valence-electron chi connectivity index (χ3n) is 1.82. The molecular formula is C11H12ClNO3. The van der Waals surface area contributed by atoms with Gasteiger partial charge in [-0.3, -0.25) is 0 Å². The maximum absolute atomic E-state index is 11.0. The molecule has 0 spiro atoms. The highest BCUT2D eigenvalue weighted by Gasteiger charge is 2.09. The molecule has 0 N–H and O–H groups in total. The number of nitrogens with zero attached hydrogens (tertiary/aromatic N) is 1. The molecular weight excluding hydrogens is 230 g/mol. The average molecular weight is 242 g/mol. The van der Waals surface area contributed by atoms with Crippen LogP contribution in [0.4, 0.5) is 0 Å². The summed E-state index contributed by atoms with van der Waals surface area (Å²) in [6, 6.07) is 1.74. The lowest BCUT2D eigenvalue weighted by Crippen LogP contribution is -2.11. The Morgan fingerprint density at radius 3 is 2.94 bits per heavy atom. The Kier molecular flexibility index (Phi) is 4.31. The number of rotatable bonds is 4. The zero-order valence-electron chi connectivity index (χ0n) is 9.12. The molecule has 0 saturated heterocycles. The van der Waals surface area contributed by atoms with Gasteiger partial charge in [-0.1, -0.05) is 18.2 Å². The van der Waals surface area contributed by atoms with Crippen molar-refractivity contribution in [2.24, 2.45) is 0 Å². The summed E-state index contributed by atoms with van der Waals surface area (Å²) < 4.78 is 9.79. The number of aromatic nitrogens is 1. The largest absolute Gasteiger partial charge is 0.485 e. The first-order valence-corrected chi connectivity index (χ1v) is 4.93. The minimum atomic E-state index is -0.503. The number of carbonyl (C=O) groups is 1. The van der Waals surface area contributed by atoms with Crippen LogP contribution in [0.2, 0.25) is 5.15 Å². The Morgan fingerprint density at radius 2 is 2.31 bits per heavy atom. The molecule has 16 heavy (non-hydrogen) atoms.